The van der Waals surface area contributed by atoms with Crippen LogP contribution in [0.1, 0.15) is 12.8 Å². The molecule has 3 aliphatic heterocycles. The highest BCUT2D eigenvalue weighted by molar-refractivity contribution is 6.24. The number of nitrogens with zero attached hydrogens (tertiary/aromatic N) is 1. The Bertz CT molecular complexity index is 1100. The fourth-order valence-corrected chi connectivity index (χ4v) is 5.03. The van der Waals surface area contributed by atoms with Crippen molar-refractivity contribution in [2.24, 2.45) is 11.8 Å². The highest BCUT2D eigenvalue weighted by atomic mass is 16.5. The van der Waals surface area contributed by atoms with Crippen molar-refractivity contribution < 1.29 is 23.5 Å². The number of anilines is 1. The summed E-state index contributed by atoms with van der Waals surface area (Å²) in [5.74, 6) is -0.624. The maximum atomic E-state index is 13.1. The number of hydrogen-bond donors (Lipinski definition) is 0. The lowest BCUT2D eigenvalue weighted by molar-refractivity contribution is -0.124. The van der Waals surface area contributed by atoms with E-state index in [1.807, 2.05) is 30.3 Å². The van der Waals surface area contributed by atoms with Gasteiger partial charge in [0, 0.05) is 16.8 Å². The molecule has 2 aromatic carbocycles. The number of fused-ring (bicyclic) bond motifs is 8. The quantitative estimate of drug-likeness (QED) is 0.654. The lowest BCUT2D eigenvalue weighted by Gasteiger charge is -2.20. The van der Waals surface area contributed by atoms with Crippen molar-refractivity contribution in [3.8, 4) is 5.75 Å². The average Bonchev–Trinajstić information content (AvgIpc) is 3.42. The predicted molar refractivity (Wildman–Crippen MR) is 97.6 cm³/mol. The molecule has 136 valence electrons. The van der Waals surface area contributed by atoms with Crippen LogP contribution in [0.3, 0.4) is 0 Å². The number of benzene rings is 2. The molecule has 4 atom stereocenters. The molecule has 6 nitrogen and oxygen atoms in total. The van der Waals surface area contributed by atoms with Crippen LogP contribution in [0.25, 0.3) is 21.9 Å². The van der Waals surface area contributed by atoms with Gasteiger partial charge in [-0.15, -0.1) is 0 Å². The molecule has 0 radical (unpaired) electrons. The lowest BCUT2D eigenvalue weighted by Crippen LogP contribution is -2.34. The van der Waals surface area contributed by atoms with Gasteiger partial charge >= 0.3 is 0 Å². The number of imide groups is 1. The van der Waals surface area contributed by atoms with Crippen molar-refractivity contribution >= 4 is 39.4 Å². The van der Waals surface area contributed by atoms with Gasteiger partial charge in [-0.05, 0) is 25.0 Å². The molecule has 4 unspecified atom stereocenters. The molecule has 2 amide bonds. The Balaban J connectivity index is 1.53. The van der Waals surface area contributed by atoms with Crippen molar-refractivity contribution in [2.75, 3.05) is 12.0 Å². The second-order valence-electron chi connectivity index (χ2n) is 7.47. The summed E-state index contributed by atoms with van der Waals surface area (Å²) in [6, 6.07) is 11.3. The number of methoxy groups -OCH3 is 1. The number of rotatable bonds is 2. The maximum absolute atomic E-state index is 13.1. The van der Waals surface area contributed by atoms with Crippen LogP contribution in [-0.4, -0.2) is 31.1 Å². The summed E-state index contributed by atoms with van der Waals surface area (Å²) in [4.78, 5) is 27.5. The van der Waals surface area contributed by atoms with Crippen LogP contribution in [0, 0.1) is 11.8 Å². The number of para-hydroxylation sites is 1. The van der Waals surface area contributed by atoms with Crippen molar-refractivity contribution in [3.63, 3.8) is 0 Å². The first-order chi connectivity index (χ1) is 13.2. The Hall–Kier alpha value is -2.86. The van der Waals surface area contributed by atoms with E-state index in [2.05, 4.69) is 0 Å². The van der Waals surface area contributed by atoms with Crippen LogP contribution in [0.4, 0.5) is 5.69 Å². The predicted octanol–water partition coefficient (Wildman–Crippen LogP) is 3.26. The molecule has 0 N–H and O–H groups in total. The minimum atomic E-state index is -0.368. The first-order valence-corrected chi connectivity index (χ1v) is 9.20. The fraction of sp³-hybridized carbons (Fsp3) is 0.333. The highest BCUT2D eigenvalue weighted by Crippen LogP contribution is 2.51. The van der Waals surface area contributed by atoms with E-state index >= 15 is 0 Å². The Morgan fingerprint density at radius 3 is 2.37 bits per heavy atom. The van der Waals surface area contributed by atoms with Crippen LogP contribution in [0.2, 0.25) is 0 Å². The lowest BCUT2D eigenvalue weighted by atomic mass is 9.81. The molecule has 3 aliphatic rings. The van der Waals surface area contributed by atoms with Crippen LogP contribution in [0.15, 0.2) is 40.8 Å². The van der Waals surface area contributed by atoms with Crippen molar-refractivity contribution in [3.05, 3.63) is 36.4 Å². The molecule has 4 heterocycles. The number of furan rings is 1. The molecular weight excluding hydrogens is 346 g/mol. The smallest absolute Gasteiger partial charge is 0.240 e. The zero-order chi connectivity index (χ0) is 18.3. The second kappa shape index (κ2) is 5.10. The molecule has 0 aliphatic carbocycles. The zero-order valence-electron chi connectivity index (χ0n) is 14.7. The van der Waals surface area contributed by atoms with Gasteiger partial charge in [-0.25, -0.2) is 4.90 Å². The van der Waals surface area contributed by atoms with Gasteiger partial charge in [0.15, 0.2) is 0 Å². The zero-order valence-corrected chi connectivity index (χ0v) is 14.7. The Morgan fingerprint density at radius 1 is 0.963 bits per heavy atom. The Labute approximate surface area is 154 Å². The number of carbonyl (C=O) groups excluding carboxylic acids is 2. The average molecular weight is 363 g/mol. The van der Waals surface area contributed by atoms with Gasteiger partial charge in [0.1, 0.15) is 16.9 Å². The van der Waals surface area contributed by atoms with E-state index in [0.29, 0.717) is 17.0 Å². The second-order valence-corrected chi connectivity index (χ2v) is 7.47. The molecular formula is C21H17NO5. The molecule has 27 heavy (non-hydrogen) atoms. The summed E-state index contributed by atoms with van der Waals surface area (Å²) in [6.45, 7) is 0. The third-order valence-corrected chi connectivity index (χ3v) is 6.20. The number of carbonyl (C=O) groups is 2. The molecule has 6 heteroatoms. The minimum absolute atomic E-state index is 0.137. The molecule has 3 saturated heterocycles. The maximum Gasteiger partial charge on any atom is 0.240 e. The molecule has 6 rings (SSSR count). The number of amides is 2. The Kier molecular flexibility index (Phi) is 2.88. The monoisotopic (exact) mass is 363 g/mol. The standard InChI is InChI=1S/C21H17NO5/c1-25-17-8-11-10-4-2-3-5-13(10)26-16(11)9-12(17)22-20(23)18-14-6-7-15(27-14)19(18)21(22)24/h2-5,8-9,14-15,18-19H,6-7H2,1H3. The van der Waals surface area contributed by atoms with Crippen LogP contribution < -0.4 is 9.64 Å². The summed E-state index contributed by atoms with van der Waals surface area (Å²) >= 11 is 0. The van der Waals surface area contributed by atoms with Crippen LogP contribution in [-0.2, 0) is 14.3 Å². The van der Waals surface area contributed by atoms with Crippen molar-refractivity contribution in [2.45, 2.75) is 25.0 Å². The third-order valence-electron chi connectivity index (χ3n) is 6.20. The van der Waals surface area contributed by atoms with E-state index in [1.165, 1.54) is 4.90 Å². The van der Waals surface area contributed by atoms with Gasteiger partial charge in [-0.1, -0.05) is 18.2 Å². The van der Waals surface area contributed by atoms with Gasteiger partial charge < -0.3 is 13.9 Å². The van der Waals surface area contributed by atoms with Gasteiger partial charge in [-0.3, -0.25) is 9.59 Å². The van der Waals surface area contributed by atoms with Gasteiger partial charge in [0.2, 0.25) is 11.8 Å². The normalized spacial score (nSPS) is 29.3. The molecule has 3 fully saturated rings. The van der Waals surface area contributed by atoms with E-state index in [-0.39, 0.29) is 35.9 Å². The van der Waals surface area contributed by atoms with Gasteiger partial charge in [-0.2, -0.15) is 0 Å². The summed E-state index contributed by atoms with van der Waals surface area (Å²) in [6.07, 6.45) is 1.42. The SMILES string of the molecule is COc1cc2c(cc1N1C(=O)C3C4CCC(O4)C3C1=O)oc1ccccc12. The topological polar surface area (TPSA) is 69.0 Å². The molecule has 2 bridgehead atoms. The highest BCUT2D eigenvalue weighted by Gasteiger charge is 2.63. The van der Waals surface area contributed by atoms with Crippen molar-refractivity contribution in [1.82, 2.24) is 0 Å². The summed E-state index contributed by atoms with van der Waals surface area (Å²) in [5.41, 5.74) is 1.84. The molecule has 1 aromatic heterocycles. The Morgan fingerprint density at radius 2 is 1.67 bits per heavy atom. The molecule has 0 spiro atoms. The first kappa shape index (κ1) is 15.2. The number of hydrogen-bond acceptors (Lipinski definition) is 5. The summed E-state index contributed by atoms with van der Waals surface area (Å²) in [5, 5.41) is 1.87. The molecule has 3 aromatic rings. The fourth-order valence-electron chi connectivity index (χ4n) is 5.03. The number of ether oxygens (including phenoxy) is 2. The van der Waals surface area contributed by atoms with E-state index < -0.39 is 0 Å². The summed E-state index contributed by atoms with van der Waals surface area (Å²) < 4.78 is 17.3. The van der Waals surface area contributed by atoms with Crippen molar-refractivity contribution in [1.29, 1.82) is 0 Å². The van der Waals surface area contributed by atoms with E-state index in [4.69, 9.17) is 13.9 Å². The van der Waals surface area contributed by atoms with Gasteiger partial charge in [0.25, 0.3) is 0 Å². The van der Waals surface area contributed by atoms with Crippen LogP contribution >= 0.6 is 0 Å². The largest absolute Gasteiger partial charge is 0.495 e. The van der Waals surface area contributed by atoms with Gasteiger partial charge in [0.05, 0.1) is 36.8 Å². The third kappa shape index (κ3) is 1.83. The first-order valence-electron chi connectivity index (χ1n) is 9.20. The van der Waals surface area contributed by atoms with Crippen LogP contribution in [0.5, 0.6) is 5.75 Å². The van der Waals surface area contributed by atoms with E-state index in [9.17, 15) is 9.59 Å². The summed E-state index contributed by atoms with van der Waals surface area (Å²) in [7, 11) is 1.55. The van der Waals surface area contributed by atoms with E-state index in [1.54, 1.807) is 13.2 Å². The minimum Gasteiger partial charge on any atom is -0.495 e. The van der Waals surface area contributed by atoms with E-state index in [0.717, 1.165) is 29.2 Å². The molecule has 0 saturated carbocycles.